The van der Waals surface area contributed by atoms with E-state index in [1.54, 1.807) is 18.2 Å². The molecule has 11 nitrogen and oxygen atoms in total. The Balaban J connectivity index is 2.65. The molecule has 1 aromatic carbocycles. The molecule has 1 aliphatic rings. The fraction of sp³-hybridized carbons (Fsp3) is 0.545. The van der Waals surface area contributed by atoms with Gasteiger partial charge in [-0.25, -0.2) is 0 Å². The van der Waals surface area contributed by atoms with Crippen molar-refractivity contribution >= 4 is 23.9 Å². The third-order valence-electron chi connectivity index (χ3n) is 4.73. The zero-order valence-electron chi connectivity index (χ0n) is 19.3. The summed E-state index contributed by atoms with van der Waals surface area (Å²) in [4.78, 5) is 47.2. The largest absolute Gasteiger partial charge is 0.497 e. The molecule has 0 aromatic heterocycles. The van der Waals surface area contributed by atoms with E-state index < -0.39 is 54.4 Å². The topological polar surface area (TPSA) is 133 Å². The first kappa shape index (κ1) is 25.9. The lowest BCUT2D eigenvalue weighted by molar-refractivity contribution is -0.254. The first-order valence-corrected chi connectivity index (χ1v) is 10.1. The number of methoxy groups -OCH3 is 2. The number of carbonyl (C=O) groups is 4. The van der Waals surface area contributed by atoms with Gasteiger partial charge in [0.1, 0.15) is 30.3 Å². The summed E-state index contributed by atoms with van der Waals surface area (Å²) in [5.74, 6) is -1.86. The molecule has 1 aliphatic heterocycles. The van der Waals surface area contributed by atoms with Crippen LogP contribution in [-0.2, 0) is 42.9 Å². The minimum atomic E-state index is -1.27. The van der Waals surface area contributed by atoms with Crippen molar-refractivity contribution in [2.45, 2.75) is 58.2 Å². The van der Waals surface area contributed by atoms with E-state index in [4.69, 9.17) is 33.2 Å². The molecule has 1 saturated heterocycles. The van der Waals surface area contributed by atoms with Gasteiger partial charge in [0.15, 0.2) is 18.3 Å². The van der Waals surface area contributed by atoms with Crippen LogP contribution in [0.3, 0.4) is 0 Å². The van der Waals surface area contributed by atoms with Gasteiger partial charge in [-0.2, -0.15) is 0 Å². The van der Waals surface area contributed by atoms with Gasteiger partial charge in [-0.15, -0.1) is 0 Å². The van der Waals surface area contributed by atoms with Gasteiger partial charge in [-0.3, -0.25) is 19.2 Å². The summed E-state index contributed by atoms with van der Waals surface area (Å²) in [6.45, 7) is 4.38. The maximum atomic E-state index is 12.0. The molecular weight excluding hydrogens is 440 g/mol. The second-order valence-corrected chi connectivity index (χ2v) is 7.23. The SMILES string of the molecule is COc1ccc(OC)c([C@H]2O[C@H](COC(C)=O)[C@H](OC(C)=O)[C@H](OC(C)=O)[C@H]2OC(C)=O)c1. The van der Waals surface area contributed by atoms with Crippen LogP contribution in [0.2, 0.25) is 0 Å². The molecular formula is C22H28O11. The van der Waals surface area contributed by atoms with Crippen molar-refractivity contribution in [2.24, 2.45) is 0 Å². The predicted molar refractivity (Wildman–Crippen MR) is 110 cm³/mol. The molecule has 1 aromatic rings. The molecule has 1 fully saturated rings. The van der Waals surface area contributed by atoms with Crippen molar-refractivity contribution in [1.82, 2.24) is 0 Å². The Morgan fingerprint density at radius 3 is 1.88 bits per heavy atom. The van der Waals surface area contributed by atoms with Crippen LogP contribution in [-0.4, -0.2) is 69.1 Å². The molecule has 1 heterocycles. The van der Waals surface area contributed by atoms with Crippen molar-refractivity contribution in [3.63, 3.8) is 0 Å². The van der Waals surface area contributed by atoms with Gasteiger partial charge in [0, 0.05) is 33.3 Å². The van der Waals surface area contributed by atoms with Crippen LogP contribution in [0.1, 0.15) is 39.4 Å². The highest BCUT2D eigenvalue weighted by molar-refractivity contribution is 5.69. The molecule has 0 N–H and O–H groups in total. The number of rotatable bonds is 8. The molecule has 0 saturated carbocycles. The van der Waals surface area contributed by atoms with Gasteiger partial charge >= 0.3 is 23.9 Å². The van der Waals surface area contributed by atoms with Crippen molar-refractivity contribution in [3.8, 4) is 11.5 Å². The van der Waals surface area contributed by atoms with E-state index >= 15 is 0 Å². The normalized spacial score (nSPS) is 24.2. The monoisotopic (exact) mass is 468 g/mol. The van der Waals surface area contributed by atoms with Crippen molar-refractivity contribution in [1.29, 1.82) is 0 Å². The van der Waals surface area contributed by atoms with E-state index in [0.717, 1.165) is 13.8 Å². The van der Waals surface area contributed by atoms with Gasteiger partial charge < -0.3 is 33.2 Å². The highest BCUT2D eigenvalue weighted by Crippen LogP contribution is 2.42. The van der Waals surface area contributed by atoms with Gasteiger partial charge in [-0.1, -0.05) is 0 Å². The number of esters is 4. The second-order valence-electron chi connectivity index (χ2n) is 7.23. The molecule has 11 heteroatoms. The van der Waals surface area contributed by atoms with E-state index in [0.29, 0.717) is 17.1 Å². The Kier molecular flexibility index (Phi) is 9.03. The summed E-state index contributed by atoms with van der Waals surface area (Å²) < 4.78 is 38.3. The van der Waals surface area contributed by atoms with Crippen LogP contribution in [0.5, 0.6) is 11.5 Å². The average molecular weight is 468 g/mol. The van der Waals surface area contributed by atoms with Gasteiger partial charge in [-0.05, 0) is 18.2 Å². The number of benzene rings is 1. The summed E-state index contributed by atoms with van der Waals surface area (Å²) in [5.41, 5.74) is 0.411. The summed E-state index contributed by atoms with van der Waals surface area (Å²) in [5, 5.41) is 0. The molecule has 0 radical (unpaired) electrons. The minimum Gasteiger partial charge on any atom is -0.497 e. The second kappa shape index (κ2) is 11.5. The Bertz CT molecular complexity index is 881. The van der Waals surface area contributed by atoms with Gasteiger partial charge in [0.25, 0.3) is 0 Å². The Hall–Kier alpha value is -3.34. The smallest absolute Gasteiger partial charge is 0.303 e. The molecule has 0 aliphatic carbocycles. The number of hydrogen-bond donors (Lipinski definition) is 0. The van der Waals surface area contributed by atoms with Gasteiger partial charge in [0.2, 0.25) is 0 Å². The van der Waals surface area contributed by atoms with E-state index in [9.17, 15) is 19.2 Å². The number of hydrogen-bond acceptors (Lipinski definition) is 11. The zero-order valence-corrected chi connectivity index (χ0v) is 19.3. The third kappa shape index (κ3) is 6.82. The van der Waals surface area contributed by atoms with Gasteiger partial charge in [0.05, 0.1) is 14.2 Å². The van der Waals surface area contributed by atoms with Crippen LogP contribution < -0.4 is 9.47 Å². The van der Waals surface area contributed by atoms with E-state index in [-0.39, 0.29) is 6.61 Å². The highest BCUT2D eigenvalue weighted by atomic mass is 16.7. The standard InChI is InChI=1S/C22H28O11/c1-11(23)29-10-18-20(30-12(2)24)22(32-14(4)26)21(31-13(3)25)19(33-18)16-9-15(27-5)7-8-17(16)28-6/h7-9,18-22H,10H2,1-6H3/t18-,19-,20+,21+,22+/m1/s1. The van der Waals surface area contributed by atoms with E-state index in [1.807, 2.05) is 0 Å². The highest BCUT2D eigenvalue weighted by Gasteiger charge is 2.53. The summed E-state index contributed by atoms with van der Waals surface area (Å²) in [7, 11) is 2.91. The van der Waals surface area contributed by atoms with Crippen LogP contribution in [0.4, 0.5) is 0 Å². The van der Waals surface area contributed by atoms with Crippen LogP contribution >= 0.6 is 0 Å². The molecule has 5 atom stereocenters. The molecule has 33 heavy (non-hydrogen) atoms. The third-order valence-corrected chi connectivity index (χ3v) is 4.73. The quantitative estimate of drug-likeness (QED) is 0.406. The van der Waals surface area contributed by atoms with Crippen molar-refractivity contribution in [3.05, 3.63) is 23.8 Å². The molecule has 0 amide bonds. The zero-order chi connectivity index (χ0) is 24.7. The van der Waals surface area contributed by atoms with E-state index in [2.05, 4.69) is 0 Å². The molecule has 182 valence electrons. The maximum Gasteiger partial charge on any atom is 0.303 e. The Labute approximate surface area is 191 Å². The van der Waals surface area contributed by atoms with Crippen LogP contribution in [0.15, 0.2) is 18.2 Å². The lowest BCUT2D eigenvalue weighted by atomic mass is 9.90. The Morgan fingerprint density at radius 1 is 0.788 bits per heavy atom. The summed E-state index contributed by atoms with van der Waals surface area (Å²) in [6.07, 6.45) is -5.86. The Morgan fingerprint density at radius 2 is 1.36 bits per heavy atom. The van der Waals surface area contributed by atoms with Crippen molar-refractivity contribution < 1.29 is 52.3 Å². The lowest BCUT2D eigenvalue weighted by Gasteiger charge is -2.44. The molecule has 2 rings (SSSR count). The van der Waals surface area contributed by atoms with Crippen molar-refractivity contribution in [2.75, 3.05) is 20.8 Å². The number of ether oxygens (including phenoxy) is 7. The first-order valence-electron chi connectivity index (χ1n) is 10.1. The first-order chi connectivity index (χ1) is 15.6. The van der Waals surface area contributed by atoms with Crippen LogP contribution in [0, 0.1) is 0 Å². The predicted octanol–water partition coefficient (Wildman–Crippen LogP) is 1.50. The molecule has 0 bridgehead atoms. The molecule has 0 unspecified atom stereocenters. The fourth-order valence-corrected chi connectivity index (χ4v) is 3.54. The van der Waals surface area contributed by atoms with Crippen LogP contribution in [0.25, 0.3) is 0 Å². The number of carbonyl (C=O) groups excluding carboxylic acids is 4. The molecule has 0 spiro atoms. The average Bonchev–Trinajstić information content (AvgIpc) is 2.73. The summed E-state index contributed by atoms with van der Waals surface area (Å²) in [6, 6.07) is 4.90. The minimum absolute atomic E-state index is 0.319. The van der Waals surface area contributed by atoms with E-state index in [1.165, 1.54) is 28.1 Å². The summed E-state index contributed by atoms with van der Waals surface area (Å²) >= 11 is 0. The lowest BCUT2D eigenvalue weighted by Crippen LogP contribution is -2.59. The maximum absolute atomic E-state index is 12.0. The fourth-order valence-electron chi connectivity index (χ4n) is 3.54.